The molecule has 2 unspecified atom stereocenters. The predicted molar refractivity (Wildman–Crippen MR) is 116 cm³/mol. The number of rotatable bonds is 14. The van der Waals surface area contributed by atoms with Crippen LogP contribution in [0.2, 0.25) is 0 Å². The maximum absolute atomic E-state index is 6.11. The Kier molecular flexibility index (Phi) is 10.4. The smallest absolute Gasteiger partial charge is 0.227 e. The van der Waals surface area contributed by atoms with E-state index in [1.54, 1.807) is 0 Å². The molecular formula is C24H48O4. The van der Waals surface area contributed by atoms with Crippen LogP contribution in [-0.2, 0) is 19.6 Å². The monoisotopic (exact) mass is 400 g/mol. The van der Waals surface area contributed by atoms with Crippen LogP contribution in [0.4, 0.5) is 0 Å². The molecule has 0 spiro atoms. The van der Waals surface area contributed by atoms with Gasteiger partial charge >= 0.3 is 0 Å². The summed E-state index contributed by atoms with van der Waals surface area (Å²) in [4.78, 5) is 24.4. The second-order valence-corrected chi connectivity index (χ2v) is 10.2. The summed E-state index contributed by atoms with van der Waals surface area (Å²) in [5, 5.41) is 0. The lowest BCUT2D eigenvalue weighted by Crippen LogP contribution is -2.46. The van der Waals surface area contributed by atoms with Crippen molar-refractivity contribution in [1.29, 1.82) is 0 Å². The van der Waals surface area contributed by atoms with E-state index < -0.39 is 5.79 Å². The fraction of sp³-hybridized carbons (Fsp3) is 1.00. The SMILES string of the molecule is CCCCC(C)(CC)OOC1(OOC(C)(CC)CCCC)CCC(C)(C)CC1. The van der Waals surface area contributed by atoms with Gasteiger partial charge in [-0.25, -0.2) is 9.78 Å². The van der Waals surface area contributed by atoms with Crippen molar-refractivity contribution in [2.24, 2.45) is 5.41 Å². The fourth-order valence-electron chi connectivity index (χ4n) is 3.50. The van der Waals surface area contributed by atoms with Gasteiger partial charge in [-0.2, -0.15) is 9.78 Å². The third-order valence-corrected chi connectivity index (χ3v) is 6.77. The molecule has 0 aromatic rings. The van der Waals surface area contributed by atoms with Gasteiger partial charge in [-0.1, -0.05) is 67.2 Å². The van der Waals surface area contributed by atoms with E-state index in [1.165, 1.54) is 0 Å². The molecule has 1 aliphatic carbocycles. The Bertz CT molecular complexity index is 398. The molecule has 0 radical (unpaired) electrons. The third kappa shape index (κ3) is 8.30. The largest absolute Gasteiger partial charge is 0.234 e. The number of unbranched alkanes of at least 4 members (excludes halogenated alkanes) is 2. The van der Waals surface area contributed by atoms with E-state index in [2.05, 4.69) is 55.4 Å². The minimum Gasteiger partial charge on any atom is -0.227 e. The summed E-state index contributed by atoms with van der Waals surface area (Å²) in [7, 11) is 0. The summed E-state index contributed by atoms with van der Waals surface area (Å²) >= 11 is 0. The lowest BCUT2D eigenvalue weighted by Gasteiger charge is -2.43. The Labute approximate surface area is 174 Å². The van der Waals surface area contributed by atoms with Gasteiger partial charge in [-0.05, 0) is 57.8 Å². The zero-order valence-corrected chi connectivity index (χ0v) is 20.1. The first-order valence-corrected chi connectivity index (χ1v) is 11.8. The minimum atomic E-state index is -0.805. The molecule has 1 saturated carbocycles. The predicted octanol–water partition coefficient (Wildman–Crippen LogP) is 7.90. The van der Waals surface area contributed by atoms with Crippen LogP contribution in [0.15, 0.2) is 0 Å². The van der Waals surface area contributed by atoms with Crippen molar-refractivity contribution in [3.63, 3.8) is 0 Å². The highest BCUT2D eigenvalue weighted by atomic mass is 17.3. The lowest BCUT2D eigenvalue weighted by molar-refractivity contribution is -0.552. The van der Waals surface area contributed by atoms with Crippen molar-refractivity contribution < 1.29 is 19.6 Å². The Balaban J connectivity index is 2.83. The van der Waals surface area contributed by atoms with Gasteiger partial charge in [0.15, 0.2) is 0 Å². The molecule has 0 N–H and O–H groups in total. The van der Waals surface area contributed by atoms with Crippen LogP contribution >= 0.6 is 0 Å². The quantitative estimate of drug-likeness (QED) is 0.169. The van der Waals surface area contributed by atoms with Gasteiger partial charge in [0.05, 0.1) is 0 Å². The molecule has 28 heavy (non-hydrogen) atoms. The van der Waals surface area contributed by atoms with E-state index in [4.69, 9.17) is 19.6 Å². The molecule has 4 heteroatoms. The Hall–Kier alpha value is -0.160. The Morgan fingerprint density at radius 1 is 0.679 bits per heavy atom. The second kappa shape index (κ2) is 11.3. The normalized spacial score (nSPS) is 23.1. The van der Waals surface area contributed by atoms with Crippen LogP contribution in [0.3, 0.4) is 0 Å². The molecule has 0 amide bonds. The highest BCUT2D eigenvalue weighted by Crippen LogP contribution is 2.44. The Morgan fingerprint density at radius 2 is 1.07 bits per heavy atom. The Morgan fingerprint density at radius 3 is 1.39 bits per heavy atom. The number of hydrogen-bond acceptors (Lipinski definition) is 4. The van der Waals surface area contributed by atoms with Gasteiger partial charge in [-0.15, -0.1) is 0 Å². The van der Waals surface area contributed by atoms with Crippen molar-refractivity contribution >= 4 is 0 Å². The molecule has 4 nitrogen and oxygen atoms in total. The molecule has 0 bridgehead atoms. The van der Waals surface area contributed by atoms with E-state index in [1.807, 2.05) is 0 Å². The van der Waals surface area contributed by atoms with E-state index in [9.17, 15) is 0 Å². The van der Waals surface area contributed by atoms with Crippen LogP contribution in [0.25, 0.3) is 0 Å². The average molecular weight is 401 g/mol. The summed E-state index contributed by atoms with van der Waals surface area (Å²) in [5.74, 6) is -0.805. The van der Waals surface area contributed by atoms with Gasteiger partial charge in [-0.3, -0.25) is 0 Å². The average Bonchev–Trinajstić information content (AvgIpc) is 2.69. The standard InChI is InChI=1S/C24H48O4/c1-9-13-15-22(7,11-3)25-27-24(19-17-21(5,6)18-20-24)28-26-23(8,12-4)16-14-10-2/h9-20H2,1-8H3. The lowest BCUT2D eigenvalue weighted by atomic mass is 9.75. The molecule has 0 aliphatic heterocycles. The summed E-state index contributed by atoms with van der Waals surface area (Å²) < 4.78 is 0. The molecule has 168 valence electrons. The molecular weight excluding hydrogens is 352 g/mol. The van der Waals surface area contributed by atoms with Gasteiger partial charge in [0.25, 0.3) is 0 Å². The highest BCUT2D eigenvalue weighted by molar-refractivity contribution is 4.84. The third-order valence-electron chi connectivity index (χ3n) is 6.77. The summed E-state index contributed by atoms with van der Waals surface area (Å²) in [6.45, 7) is 17.6. The molecule has 1 aliphatic rings. The van der Waals surface area contributed by atoms with Crippen LogP contribution in [0.1, 0.15) is 132 Å². The van der Waals surface area contributed by atoms with Gasteiger partial charge in [0, 0.05) is 12.8 Å². The van der Waals surface area contributed by atoms with Crippen molar-refractivity contribution in [1.82, 2.24) is 0 Å². The van der Waals surface area contributed by atoms with Crippen molar-refractivity contribution in [3.05, 3.63) is 0 Å². The molecule has 0 saturated heterocycles. The first-order chi connectivity index (χ1) is 13.1. The van der Waals surface area contributed by atoms with E-state index in [0.29, 0.717) is 5.41 Å². The van der Waals surface area contributed by atoms with E-state index in [-0.39, 0.29) is 11.2 Å². The topological polar surface area (TPSA) is 36.9 Å². The second-order valence-electron chi connectivity index (χ2n) is 10.2. The zero-order chi connectivity index (χ0) is 21.3. The summed E-state index contributed by atoms with van der Waals surface area (Å²) in [6.07, 6.45) is 12.1. The molecule has 0 aromatic carbocycles. The van der Waals surface area contributed by atoms with Crippen LogP contribution < -0.4 is 0 Å². The van der Waals surface area contributed by atoms with Crippen LogP contribution in [-0.4, -0.2) is 17.0 Å². The van der Waals surface area contributed by atoms with Gasteiger partial charge < -0.3 is 0 Å². The fourth-order valence-corrected chi connectivity index (χ4v) is 3.50. The molecule has 0 aromatic heterocycles. The molecule has 2 atom stereocenters. The van der Waals surface area contributed by atoms with Crippen molar-refractivity contribution in [3.8, 4) is 0 Å². The zero-order valence-electron chi connectivity index (χ0n) is 20.1. The highest BCUT2D eigenvalue weighted by Gasteiger charge is 2.45. The molecule has 1 rings (SSSR count). The van der Waals surface area contributed by atoms with Crippen LogP contribution in [0.5, 0.6) is 0 Å². The number of hydrogen-bond donors (Lipinski definition) is 0. The molecule has 1 fully saturated rings. The summed E-state index contributed by atoms with van der Waals surface area (Å²) in [5.41, 5.74) is -0.256. The van der Waals surface area contributed by atoms with Crippen molar-refractivity contribution in [2.45, 2.75) is 149 Å². The van der Waals surface area contributed by atoms with Gasteiger partial charge in [0.2, 0.25) is 5.79 Å². The maximum atomic E-state index is 6.11. The first kappa shape index (κ1) is 25.9. The molecule has 0 heterocycles. The van der Waals surface area contributed by atoms with Crippen molar-refractivity contribution in [2.75, 3.05) is 0 Å². The first-order valence-electron chi connectivity index (χ1n) is 11.8. The maximum Gasteiger partial charge on any atom is 0.234 e. The van der Waals surface area contributed by atoms with Gasteiger partial charge in [0.1, 0.15) is 11.2 Å². The van der Waals surface area contributed by atoms with E-state index in [0.717, 1.165) is 77.0 Å². The minimum absolute atomic E-state index is 0.282. The summed E-state index contributed by atoms with van der Waals surface area (Å²) in [6, 6.07) is 0. The van der Waals surface area contributed by atoms with Crippen LogP contribution in [0, 0.1) is 5.41 Å². The van der Waals surface area contributed by atoms with E-state index >= 15 is 0 Å².